The van der Waals surface area contributed by atoms with Crippen molar-refractivity contribution >= 4 is 0 Å². The third kappa shape index (κ3) is 5.42. The van der Waals surface area contributed by atoms with Gasteiger partial charge in [0.2, 0.25) is 0 Å². The van der Waals surface area contributed by atoms with Gasteiger partial charge in [-0.05, 0) is 23.8 Å². The molecule has 1 aliphatic rings. The van der Waals surface area contributed by atoms with Crippen molar-refractivity contribution in [3.8, 4) is 0 Å². The van der Waals surface area contributed by atoms with Crippen LogP contribution in [0.1, 0.15) is 38.7 Å². The van der Waals surface area contributed by atoms with Gasteiger partial charge in [-0.2, -0.15) is 0 Å². The number of rotatable bonds is 7. The molecule has 3 heteroatoms. The lowest BCUT2D eigenvalue weighted by Gasteiger charge is -2.35. The maximum absolute atomic E-state index is 10.0. The third-order valence-electron chi connectivity index (χ3n) is 4.74. The molecule has 1 fully saturated rings. The zero-order chi connectivity index (χ0) is 15.1. The summed E-state index contributed by atoms with van der Waals surface area (Å²) in [5.74, 6) is 1.47. The standard InChI is InChI=1S/C18H29NO2/c1-14-7-6-10-18(15(14)2)19-11-17(20)13-21-12-16-8-4-3-5-9-16/h3-5,8-9,14-15,17-20H,6-7,10-13H2,1-2H3. The van der Waals surface area contributed by atoms with Crippen LogP contribution in [0.5, 0.6) is 0 Å². The van der Waals surface area contributed by atoms with Crippen molar-refractivity contribution in [1.29, 1.82) is 0 Å². The Morgan fingerprint density at radius 3 is 2.76 bits per heavy atom. The summed E-state index contributed by atoms with van der Waals surface area (Å²) in [5.41, 5.74) is 1.15. The largest absolute Gasteiger partial charge is 0.389 e. The van der Waals surface area contributed by atoms with Crippen molar-refractivity contribution in [2.45, 2.75) is 51.9 Å². The maximum atomic E-state index is 10.0. The Kier molecular flexibility index (Phi) is 6.68. The predicted molar refractivity (Wildman–Crippen MR) is 86.1 cm³/mol. The van der Waals surface area contributed by atoms with Crippen LogP contribution in [0.25, 0.3) is 0 Å². The van der Waals surface area contributed by atoms with Gasteiger partial charge in [-0.15, -0.1) is 0 Å². The Balaban J connectivity index is 1.62. The van der Waals surface area contributed by atoms with Crippen molar-refractivity contribution < 1.29 is 9.84 Å². The molecule has 0 saturated heterocycles. The minimum atomic E-state index is -0.432. The van der Waals surface area contributed by atoms with Crippen LogP contribution < -0.4 is 5.32 Å². The fourth-order valence-corrected chi connectivity index (χ4v) is 3.10. The van der Waals surface area contributed by atoms with Gasteiger partial charge in [0.15, 0.2) is 0 Å². The second kappa shape index (κ2) is 8.52. The highest BCUT2D eigenvalue weighted by Gasteiger charge is 2.26. The molecule has 2 N–H and O–H groups in total. The number of aliphatic hydroxyl groups is 1. The molecule has 21 heavy (non-hydrogen) atoms. The predicted octanol–water partition coefficient (Wildman–Crippen LogP) is 2.98. The minimum absolute atomic E-state index is 0.387. The first kappa shape index (κ1) is 16.5. The first-order valence-corrected chi connectivity index (χ1v) is 8.20. The summed E-state index contributed by atoms with van der Waals surface area (Å²) in [6.07, 6.45) is 3.42. The minimum Gasteiger partial charge on any atom is -0.389 e. The van der Waals surface area contributed by atoms with E-state index in [4.69, 9.17) is 4.74 Å². The van der Waals surface area contributed by atoms with E-state index in [0.717, 1.165) is 11.5 Å². The first-order chi connectivity index (χ1) is 10.2. The number of nitrogens with one attached hydrogen (secondary N) is 1. The zero-order valence-corrected chi connectivity index (χ0v) is 13.3. The van der Waals surface area contributed by atoms with Gasteiger partial charge in [-0.3, -0.25) is 0 Å². The van der Waals surface area contributed by atoms with Crippen LogP contribution in [0.15, 0.2) is 30.3 Å². The molecule has 4 atom stereocenters. The lowest BCUT2D eigenvalue weighted by molar-refractivity contribution is 0.0251. The smallest absolute Gasteiger partial charge is 0.0897 e. The Morgan fingerprint density at radius 2 is 2.00 bits per heavy atom. The van der Waals surface area contributed by atoms with Gasteiger partial charge in [0.1, 0.15) is 0 Å². The molecular formula is C18H29NO2. The van der Waals surface area contributed by atoms with Gasteiger partial charge in [-0.25, -0.2) is 0 Å². The van der Waals surface area contributed by atoms with Gasteiger partial charge >= 0.3 is 0 Å². The van der Waals surface area contributed by atoms with Gasteiger partial charge < -0.3 is 15.2 Å². The van der Waals surface area contributed by atoms with Gasteiger partial charge in [-0.1, -0.05) is 57.0 Å². The van der Waals surface area contributed by atoms with Crippen LogP contribution in [0.2, 0.25) is 0 Å². The summed E-state index contributed by atoms with van der Waals surface area (Å²) in [6.45, 7) is 6.22. The van der Waals surface area contributed by atoms with Crippen LogP contribution >= 0.6 is 0 Å². The number of hydrogen-bond acceptors (Lipinski definition) is 3. The molecule has 1 saturated carbocycles. The molecule has 1 aromatic rings. The summed E-state index contributed by atoms with van der Waals surface area (Å²) in [6, 6.07) is 10.6. The SMILES string of the molecule is CC1CCCC(NCC(O)COCc2ccccc2)C1C. The molecule has 0 bridgehead atoms. The van der Waals surface area contributed by atoms with Crippen molar-refractivity contribution in [3.63, 3.8) is 0 Å². The van der Waals surface area contributed by atoms with Gasteiger partial charge in [0.25, 0.3) is 0 Å². The highest BCUT2D eigenvalue weighted by molar-refractivity contribution is 5.13. The molecule has 0 radical (unpaired) electrons. The number of benzene rings is 1. The molecule has 0 amide bonds. The number of aliphatic hydroxyl groups excluding tert-OH is 1. The summed E-state index contributed by atoms with van der Waals surface area (Å²) in [5, 5.41) is 13.5. The Hall–Kier alpha value is -0.900. The third-order valence-corrected chi connectivity index (χ3v) is 4.74. The van der Waals surface area contributed by atoms with Crippen molar-refractivity contribution in [1.82, 2.24) is 5.32 Å². The Labute approximate surface area is 128 Å². The molecule has 1 aliphatic carbocycles. The van der Waals surface area contributed by atoms with E-state index >= 15 is 0 Å². The molecule has 2 rings (SSSR count). The summed E-state index contributed by atoms with van der Waals surface area (Å²) >= 11 is 0. The van der Waals surface area contributed by atoms with E-state index in [0.29, 0.717) is 31.7 Å². The van der Waals surface area contributed by atoms with Gasteiger partial charge in [0.05, 0.1) is 19.3 Å². The molecule has 0 aromatic heterocycles. The van der Waals surface area contributed by atoms with Crippen LogP contribution in [0.4, 0.5) is 0 Å². The molecule has 1 aromatic carbocycles. The van der Waals surface area contributed by atoms with E-state index in [9.17, 15) is 5.11 Å². The lowest BCUT2D eigenvalue weighted by Crippen LogP contribution is -2.44. The Bertz CT molecular complexity index is 395. The van der Waals surface area contributed by atoms with E-state index in [-0.39, 0.29) is 0 Å². The fraction of sp³-hybridized carbons (Fsp3) is 0.667. The monoisotopic (exact) mass is 291 g/mol. The van der Waals surface area contributed by atoms with Crippen molar-refractivity contribution in [2.24, 2.45) is 11.8 Å². The summed E-state index contributed by atoms with van der Waals surface area (Å²) < 4.78 is 5.58. The van der Waals surface area contributed by atoms with E-state index in [1.165, 1.54) is 19.3 Å². The molecule has 0 spiro atoms. The first-order valence-electron chi connectivity index (χ1n) is 8.20. The van der Waals surface area contributed by atoms with E-state index in [1.807, 2.05) is 30.3 Å². The van der Waals surface area contributed by atoms with Gasteiger partial charge in [0, 0.05) is 12.6 Å². The zero-order valence-electron chi connectivity index (χ0n) is 13.3. The number of ether oxygens (including phenoxy) is 1. The van der Waals surface area contributed by atoms with Crippen molar-refractivity contribution in [2.75, 3.05) is 13.2 Å². The van der Waals surface area contributed by atoms with Crippen LogP contribution in [0.3, 0.4) is 0 Å². The summed E-state index contributed by atoms with van der Waals surface area (Å²) in [4.78, 5) is 0. The van der Waals surface area contributed by atoms with Crippen molar-refractivity contribution in [3.05, 3.63) is 35.9 Å². The van der Waals surface area contributed by atoms with Crippen LogP contribution in [-0.4, -0.2) is 30.4 Å². The quantitative estimate of drug-likeness (QED) is 0.811. The second-order valence-corrected chi connectivity index (χ2v) is 6.44. The molecule has 0 heterocycles. The average molecular weight is 291 g/mol. The average Bonchev–Trinajstić information content (AvgIpc) is 2.50. The topological polar surface area (TPSA) is 41.5 Å². The highest BCUT2D eigenvalue weighted by Crippen LogP contribution is 2.29. The van der Waals surface area contributed by atoms with Crippen LogP contribution in [-0.2, 0) is 11.3 Å². The van der Waals surface area contributed by atoms with Crippen LogP contribution in [0, 0.1) is 11.8 Å². The van der Waals surface area contributed by atoms with E-state index in [1.54, 1.807) is 0 Å². The molecule has 0 aliphatic heterocycles. The van der Waals surface area contributed by atoms with E-state index < -0.39 is 6.10 Å². The second-order valence-electron chi connectivity index (χ2n) is 6.44. The fourth-order valence-electron chi connectivity index (χ4n) is 3.10. The number of hydrogen-bond donors (Lipinski definition) is 2. The molecule has 3 nitrogen and oxygen atoms in total. The summed E-state index contributed by atoms with van der Waals surface area (Å²) in [7, 11) is 0. The molecular weight excluding hydrogens is 262 g/mol. The molecule has 118 valence electrons. The van der Waals surface area contributed by atoms with E-state index in [2.05, 4.69) is 19.2 Å². The lowest BCUT2D eigenvalue weighted by atomic mass is 9.78. The molecule has 4 unspecified atom stereocenters. The Morgan fingerprint density at radius 1 is 1.24 bits per heavy atom. The highest BCUT2D eigenvalue weighted by atomic mass is 16.5. The normalized spacial score (nSPS) is 27.5. The maximum Gasteiger partial charge on any atom is 0.0897 e.